The van der Waals surface area contributed by atoms with Crippen LogP contribution in [0.2, 0.25) is 0 Å². The molecular weight excluding hydrogens is 298 g/mol. The van der Waals surface area contributed by atoms with Crippen molar-refractivity contribution < 1.29 is 4.79 Å². The molecule has 4 nitrogen and oxygen atoms in total. The number of nitrogens with zero attached hydrogens (tertiary/aromatic N) is 1. The third kappa shape index (κ3) is 6.34. The number of amides is 1. The second kappa shape index (κ2) is 9.82. The lowest BCUT2D eigenvalue weighted by Crippen LogP contribution is -2.46. The number of hydrogen-bond acceptors (Lipinski definition) is 3. The summed E-state index contributed by atoms with van der Waals surface area (Å²) in [5.74, 6) is 0.337. The Hall–Kier alpha value is -1.10. The topological polar surface area (TPSA) is 44.4 Å². The molecule has 1 aliphatic rings. The maximum Gasteiger partial charge on any atom is 0.224 e. The maximum absolute atomic E-state index is 12.2. The first-order valence-electron chi connectivity index (χ1n) is 7.88. The third-order valence-corrected chi connectivity index (χ3v) is 3.94. The van der Waals surface area contributed by atoms with Gasteiger partial charge in [0.05, 0.1) is 5.92 Å². The monoisotopic (exact) mass is 325 g/mol. The number of benzene rings is 1. The van der Waals surface area contributed by atoms with E-state index in [-0.39, 0.29) is 30.3 Å². The van der Waals surface area contributed by atoms with Gasteiger partial charge in [0.25, 0.3) is 0 Å². The number of likely N-dealkylation sites (N-methyl/N-ethyl adjacent to an activating group) is 1. The van der Waals surface area contributed by atoms with Crippen LogP contribution in [0.1, 0.15) is 25.3 Å². The minimum absolute atomic E-state index is 0. The smallest absolute Gasteiger partial charge is 0.224 e. The fourth-order valence-corrected chi connectivity index (χ4v) is 2.91. The van der Waals surface area contributed by atoms with Crippen molar-refractivity contribution in [2.24, 2.45) is 5.92 Å². The summed E-state index contributed by atoms with van der Waals surface area (Å²) in [6, 6.07) is 10.6. The Kier molecular flexibility index (Phi) is 8.46. The molecule has 5 heteroatoms. The zero-order valence-corrected chi connectivity index (χ0v) is 14.4. The van der Waals surface area contributed by atoms with E-state index in [0.717, 1.165) is 39.0 Å². The van der Waals surface area contributed by atoms with Gasteiger partial charge in [-0.1, -0.05) is 30.3 Å². The van der Waals surface area contributed by atoms with Gasteiger partial charge in [0.1, 0.15) is 0 Å². The Morgan fingerprint density at radius 3 is 2.77 bits per heavy atom. The van der Waals surface area contributed by atoms with E-state index >= 15 is 0 Å². The summed E-state index contributed by atoms with van der Waals surface area (Å²) >= 11 is 0. The van der Waals surface area contributed by atoms with Gasteiger partial charge in [-0.15, -0.1) is 12.4 Å². The average molecular weight is 326 g/mol. The van der Waals surface area contributed by atoms with Gasteiger partial charge < -0.3 is 15.5 Å². The van der Waals surface area contributed by atoms with Crippen LogP contribution in [0.5, 0.6) is 0 Å². The highest BCUT2D eigenvalue weighted by molar-refractivity contribution is 5.85. The number of nitrogens with one attached hydrogen (secondary N) is 2. The zero-order valence-electron chi connectivity index (χ0n) is 13.5. The molecule has 0 aliphatic carbocycles. The summed E-state index contributed by atoms with van der Waals surface area (Å²) in [6.45, 7) is 5.71. The van der Waals surface area contributed by atoms with E-state index in [1.165, 1.54) is 5.56 Å². The first kappa shape index (κ1) is 18.9. The van der Waals surface area contributed by atoms with Crippen LogP contribution in [0.3, 0.4) is 0 Å². The SMILES string of the molecule is CC(CN(C)Cc1ccccc1)NC(=O)C1CCCNC1.Cl. The largest absolute Gasteiger partial charge is 0.352 e. The number of piperidine rings is 1. The molecule has 1 amide bonds. The van der Waals surface area contributed by atoms with Gasteiger partial charge in [-0.25, -0.2) is 0 Å². The number of carbonyl (C=O) groups excluding carboxylic acids is 1. The molecule has 2 unspecified atom stereocenters. The molecule has 22 heavy (non-hydrogen) atoms. The molecule has 2 N–H and O–H groups in total. The molecule has 2 rings (SSSR count). The van der Waals surface area contributed by atoms with Crippen LogP contribution in [0.15, 0.2) is 30.3 Å². The van der Waals surface area contributed by atoms with E-state index < -0.39 is 0 Å². The summed E-state index contributed by atoms with van der Waals surface area (Å²) in [6.07, 6.45) is 2.10. The maximum atomic E-state index is 12.2. The number of halogens is 1. The van der Waals surface area contributed by atoms with Crippen LogP contribution in [-0.4, -0.2) is 43.5 Å². The second-order valence-electron chi connectivity index (χ2n) is 6.14. The predicted molar refractivity (Wildman–Crippen MR) is 93.2 cm³/mol. The van der Waals surface area contributed by atoms with Gasteiger partial charge in [-0.3, -0.25) is 4.79 Å². The first-order valence-corrected chi connectivity index (χ1v) is 7.88. The molecule has 1 fully saturated rings. The van der Waals surface area contributed by atoms with Crippen molar-refractivity contribution >= 4 is 18.3 Å². The van der Waals surface area contributed by atoms with Crippen LogP contribution in [-0.2, 0) is 11.3 Å². The van der Waals surface area contributed by atoms with Gasteiger partial charge in [-0.2, -0.15) is 0 Å². The van der Waals surface area contributed by atoms with Crippen molar-refractivity contribution in [3.05, 3.63) is 35.9 Å². The summed E-state index contributed by atoms with van der Waals surface area (Å²) in [5, 5.41) is 6.44. The molecule has 1 aliphatic heterocycles. The number of carbonyl (C=O) groups is 1. The molecule has 0 saturated carbocycles. The highest BCUT2D eigenvalue weighted by Crippen LogP contribution is 2.10. The molecule has 1 heterocycles. The van der Waals surface area contributed by atoms with E-state index in [1.807, 2.05) is 6.07 Å². The third-order valence-electron chi connectivity index (χ3n) is 3.94. The minimum Gasteiger partial charge on any atom is -0.352 e. The molecule has 1 aromatic rings. The van der Waals surface area contributed by atoms with Crippen LogP contribution in [0.25, 0.3) is 0 Å². The predicted octanol–water partition coefficient (Wildman–Crippen LogP) is 2.04. The zero-order chi connectivity index (χ0) is 15.1. The lowest BCUT2D eigenvalue weighted by atomic mass is 9.98. The molecular formula is C17H28ClN3O. The van der Waals surface area contributed by atoms with Crippen LogP contribution < -0.4 is 10.6 Å². The molecule has 0 spiro atoms. The fraction of sp³-hybridized carbons (Fsp3) is 0.588. The van der Waals surface area contributed by atoms with Crippen molar-refractivity contribution in [1.82, 2.24) is 15.5 Å². The lowest BCUT2D eigenvalue weighted by molar-refractivity contribution is -0.126. The van der Waals surface area contributed by atoms with Crippen molar-refractivity contribution in [3.8, 4) is 0 Å². The van der Waals surface area contributed by atoms with E-state index in [2.05, 4.69) is 53.8 Å². The van der Waals surface area contributed by atoms with Gasteiger partial charge in [0, 0.05) is 25.7 Å². The van der Waals surface area contributed by atoms with Crippen molar-refractivity contribution in [2.75, 3.05) is 26.7 Å². The van der Waals surface area contributed by atoms with E-state index in [0.29, 0.717) is 0 Å². The van der Waals surface area contributed by atoms with Gasteiger partial charge in [0.2, 0.25) is 5.91 Å². The Bertz CT molecular complexity index is 435. The second-order valence-corrected chi connectivity index (χ2v) is 6.14. The number of hydrogen-bond donors (Lipinski definition) is 2. The molecule has 0 bridgehead atoms. The first-order chi connectivity index (χ1) is 10.1. The highest BCUT2D eigenvalue weighted by atomic mass is 35.5. The molecule has 1 saturated heterocycles. The summed E-state index contributed by atoms with van der Waals surface area (Å²) in [5.41, 5.74) is 1.30. The molecule has 0 aromatic heterocycles. The highest BCUT2D eigenvalue weighted by Gasteiger charge is 2.22. The standard InChI is InChI=1S/C17H27N3O.ClH/c1-14(19-17(21)16-9-6-10-18-11-16)12-20(2)13-15-7-4-3-5-8-15;/h3-5,7-8,14,16,18H,6,9-13H2,1-2H3,(H,19,21);1H. The van der Waals surface area contributed by atoms with Crippen LogP contribution in [0.4, 0.5) is 0 Å². The quantitative estimate of drug-likeness (QED) is 0.841. The van der Waals surface area contributed by atoms with Crippen molar-refractivity contribution in [2.45, 2.75) is 32.4 Å². The van der Waals surface area contributed by atoms with Gasteiger partial charge in [0.15, 0.2) is 0 Å². The van der Waals surface area contributed by atoms with E-state index in [1.54, 1.807) is 0 Å². The van der Waals surface area contributed by atoms with Gasteiger partial charge >= 0.3 is 0 Å². The Morgan fingerprint density at radius 1 is 1.41 bits per heavy atom. The summed E-state index contributed by atoms with van der Waals surface area (Å²) in [4.78, 5) is 14.4. The molecule has 124 valence electrons. The summed E-state index contributed by atoms with van der Waals surface area (Å²) in [7, 11) is 2.10. The Morgan fingerprint density at radius 2 is 2.14 bits per heavy atom. The molecule has 0 radical (unpaired) electrons. The average Bonchev–Trinajstić information content (AvgIpc) is 2.48. The van der Waals surface area contributed by atoms with Crippen molar-refractivity contribution in [1.29, 1.82) is 0 Å². The number of rotatable bonds is 6. The van der Waals surface area contributed by atoms with Crippen LogP contribution >= 0.6 is 12.4 Å². The van der Waals surface area contributed by atoms with E-state index in [4.69, 9.17) is 0 Å². The Balaban J connectivity index is 0.00000242. The van der Waals surface area contributed by atoms with Crippen LogP contribution in [0, 0.1) is 5.92 Å². The minimum atomic E-state index is 0. The Labute approximate surface area is 140 Å². The summed E-state index contributed by atoms with van der Waals surface area (Å²) < 4.78 is 0. The fourth-order valence-electron chi connectivity index (χ4n) is 2.91. The molecule has 2 atom stereocenters. The van der Waals surface area contributed by atoms with Crippen molar-refractivity contribution in [3.63, 3.8) is 0 Å². The van der Waals surface area contributed by atoms with E-state index in [9.17, 15) is 4.79 Å². The normalized spacial score (nSPS) is 19.3. The lowest BCUT2D eigenvalue weighted by Gasteiger charge is -2.26. The van der Waals surface area contributed by atoms with Gasteiger partial charge in [-0.05, 0) is 38.9 Å². The molecule has 1 aromatic carbocycles.